The molecule has 0 fully saturated rings. The lowest BCUT2D eigenvalue weighted by Crippen LogP contribution is -2.24. The zero-order valence-electron chi connectivity index (χ0n) is 12.4. The first kappa shape index (κ1) is 16.8. The van der Waals surface area contributed by atoms with E-state index in [0.29, 0.717) is 12.0 Å². The van der Waals surface area contributed by atoms with Crippen LogP contribution in [-0.2, 0) is 19.1 Å². The van der Waals surface area contributed by atoms with Crippen LogP contribution < -0.4 is 5.32 Å². The van der Waals surface area contributed by atoms with Crippen molar-refractivity contribution in [1.82, 2.24) is 5.32 Å². The normalized spacial score (nSPS) is 11.1. The Labute approximate surface area is 132 Å². The Morgan fingerprint density at radius 1 is 1.13 bits per heavy atom. The number of halogens is 3. The predicted octanol–water partition coefficient (Wildman–Crippen LogP) is 4.36. The van der Waals surface area contributed by atoms with Gasteiger partial charge in [0.25, 0.3) is 5.91 Å². The Bertz CT molecular complexity index is 693. The van der Waals surface area contributed by atoms with E-state index in [9.17, 15) is 18.0 Å². The standard InChI is InChI=1S/C18H16F3NO/c1-2-6-14-9-10-15(18(19,20)21)11-16(14)17(23)22-12-13-7-4-3-5-8-13/h2-5,7-11H,1,6,12H2,(H,22,23). The van der Waals surface area contributed by atoms with Gasteiger partial charge in [0, 0.05) is 12.1 Å². The lowest BCUT2D eigenvalue weighted by Gasteiger charge is -2.13. The van der Waals surface area contributed by atoms with Crippen molar-refractivity contribution in [3.63, 3.8) is 0 Å². The number of alkyl halides is 3. The minimum atomic E-state index is -4.48. The van der Waals surface area contributed by atoms with E-state index in [4.69, 9.17) is 0 Å². The van der Waals surface area contributed by atoms with E-state index in [1.807, 2.05) is 30.3 Å². The van der Waals surface area contributed by atoms with Crippen molar-refractivity contribution in [2.24, 2.45) is 0 Å². The fraction of sp³-hybridized carbons (Fsp3) is 0.167. The Morgan fingerprint density at radius 3 is 2.43 bits per heavy atom. The third kappa shape index (κ3) is 4.45. The van der Waals surface area contributed by atoms with Crippen molar-refractivity contribution in [3.8, 4) is 0 Å². The second kappa shape index (κ2) is 7.13. The van der Waals surface area contributed by atoms with Crippen molar-refractivity contribution >= 4 is 5.91 Å². The van der Waals surface area contributed by atoms with Gasteiger partial charge in [0.2, 0.25) is 0 Å². The molecule has 0 aliphatic rings. The van der Waals surface area contributed by atoms with E-state index in [2.05, 4.69) is 11.9 Å². The van der Waals surface area contributed by atoms with Crippen molar-refractivity contribution < 1.29 is 18.0 Å². The molecule has 0 spiro atoms. The molecule has 5 heteroatoms. The molecular weight excluding hydrogens is 303 g/mol. The summed E-state index contributed by atoms with van der Waals surface area (Å²) >= 11 is 0. The Morgan fingerprint density at radius 2 is 1.83 bits per heavy atom. The number of hydrogen-bond donors (Lipinski definition) is 1. The minimum absolute atomic E-state index is 0.0238. The molecule has 0 radical (unpaired) electrons. The molecule has 0 aliphatic carbocycles. The third-order valence-electron chi connectivity index (χ3n) is 3.34. The van der Waals surface area contributed by atoms with Crippen molar-refractivity contribution in [3.05, 3.63) is 83.4 Å². The van der Waals surface area contributed by atoms with E-state index in [1.165, 1.54) is 6.07 Å². The first-order chi connectivity index (χ1) is 10.9. The maximum absolute atomic E-state index is 12.8. The van der Waals surface area contributed by atoms with Crippen LogP contribution in [0.4, 0.5) is 13.2 Å². The van der Waals surface area contributed by atoms with E-state index in [-0.39, 0.29) is 12.1 Å². The van der Waals surface area contributed by atoms with Crippen LogP contribution >= 0.6 is 0 Å². The van der Waals surface area contributed by atoms with Crippen molar-refractivity contribution in [1.29, 1.82) is 0 Å². The maximum Gasteiger partial charge on any atom is 0.416 e. The van der Waals surface area contributed by atoms with Crippen LogP contribution in [0.15, 0.2) is 61.2 Å². The highest BCUT2D eigenvalue weighted by molar-refractivity contribution is 5.96. The number of amides is 1. The van der Waals surface area contributed by atoms with Crippen LogP contribution in [0.1, 0.15) is 27.0 Å². The van der Waals surface area contributed by atoms with Gasteiger partial charge in [-0.05, 0) is 29.7 Å². The second-order valence-corrected chi connectivity index (χ2v) is 5.03. The largest absolute Gasteiger partial charge is 0.416 e. The van der Waals surface area contributed by atoms with E-state index < -0.39 is 17.6 Å². The zero-order valence-corrected chi connectivity index (χ0v) is 12.4. The quantitative estimate of drug-likeness (QED) is 0.815. The Balaban J connectivity index is 2.24. The van der Waals surface area contributed by atoms with Crippen LogP contribution in [0.3, 0.4) is 0 Å². The van der Waals surface area contributed by atoms with Gasteiger partial charge < -0.3 is 5.32 Å². The lowest BCUT2D eigenvalue weighted by atomic mass is 10.00. The Kier molecular flexibility index (Phi) is 5.21. The maximum atomic E-state index is 12.8. The molecule has 0 bridgehead atoms. The molecule has 0 saturated heterocycles. The number of nitrogens with one attached hydrogen (secondary N) is 1. The van der Waals surface area contributed by atoms with Gasteiger partial charge >= 0.3 is 6.18 Å². The first-order valence-electron chi connectivity index (χ1n) is 7.05. The van der Waals surface area contributed by atoms with Gasteiger partial charge in [-0.15, -0.1) is 6.58 Å². The molecule has 0 aliphatic heterocycles. The van der Waals surface area contributed by atoms with Gasteiger partial charge in [0.15, 0.2) is 0 Å². The number of carbonyl (C=O) groups is 1. The van der Waals surface area contributed by atoms with Gasteiger partial charge in [-0.25, -0.2) is 0 Å². The molecule has 120 valence electrons. The van der Waals surface area contributed by atoms with Gasteiger partial charge in [-0.3, -0.25) is 4.79 Å². The molecule has 0 atom stereocenters. The van der Waals surface area contributed by atoms with E-state index in [1.54, 1.807) is 6.08 Å². The van der Waals surface area contributed by atoms with Crippen LogP contribution in [-0.4, -0.2) is 5.91 Å². The van der Waals surface area contributed by atoms with Crippen LogP contribution in [0.2, 0.25) is 0 Å². The summed E-state index contributed by atoms with van der Waals surface area (Å²) in [6.45, 7) is 3.82. The summed E-state index contributed by atoms with van der Waals surface area (Å²) in [5.74, 6) is -0.531. The number of hydrogen-bond acceptors (Lipinski definition) is 1. The van der Waals surface area contributed by atoms with Crippen LogP contribution in [0, 0.1) is 0 Å². The lowest BCUT2D eigenvalue weighted by molar-refractivity contribution is -0.137. The fourth-order valence-corrected chi connectivity index (χ4v) is 2.17. The second-order valence-electron chi connectivity index (χ2n) is 5.03. The highest BCUT2D eigenvalue weighted by Gasteiger charge is 2.31. The number of allylic oxidation sites excluding steroid dienone is 1. The SMILES string of the molecule is C=CCc1ccc(C(F)(F)F)cc1C(=O)NCc1ccccc1. The van der Waals surface area contributed by atoms with Gasteiger partial charge in [0.1, 0.15) is 0 Å². The molecule has 1 amide bonds. The Hall–Kier alpha value is -2.56. The molecule has 2 nitrogen and oxygen atoms in total. The van der Waals surface area contributed by atoms with Crippen molar-refractivity contribution in [2.45, 2.75) is 19.1 Å². The van der Waals surface area contributed by atoms with E-state index >= 15 is 0 Å². The molecule has 0 heterocycles. The molecule has 0 unspecified atom stereocenters. The molecule has 23 heavy (non-hydrogen) atoms. The summed E-state index contributed by atoms with van der Waals surface area (Å²) in [6, 6.07) is 12.4. The monoisotopic (exact) mass is 319 g/mol. The van der Waals surface area contributed by atoms with Gasteiger partial charge in [0.05, 0.1) is 5.56 Å². The fourth-order valence-electron chi connectivity index (χ4n) is 2.17. The molecule has 1 N–H and O–H groups in total. The molecule has 2 rings (SSSR count). The topological polar surface area (TPSA) is 29.1 Å². The highest BCUT2D eigenvalue weighted by atomic mass is 19.4. The van der Waals surface area contributed by atoms with Crippen LogP contribution in [0.25, 0.3) is 0 Å². The molecule has 2 aromatic rings. The summed E-state index contributed by atoms with van der Waals surface area (Å²) in [4.78, 5) is 12.3. The molecule has 2 aromatic carbocycles. The summed E-state index contributed by atoms with van der Waals surface area (Å²) < 4.78 is 38.5. The average Bonchev–Trinajstić information content (AvgIpc) is 2.53. The highest BCUT2D eigenvalue weighted by Crippen LogP contribution is 2.30. The minimum Gasteiger partial charge on any atom is -0.348 e. The summed E-state index contributed by atoms with van der Waals surface area (Å²) in [5.41, 5.74) is 0.572. The number of benzene rings is 2. The molecular formula is C18H16F3NO. The first-order valence-corrected chi connectivity index (χ1v) is 7.05. The molecule has 0 aromatic heterocycles. The average molecular weight is 319 g/mol. The number of carbonyl (C=O) groups excluding carboxylic acids is 1. The zero-order chi connectivity index (χ0) is 16.9. The molecule has 0 saturated carbocycles. The smallest absolute Gasteiger partial charge is 0.348 e. The summed E-state index contributed by atoms with van der Waals surface area (Å²) in [6.07, 6.45) is -2.61. The van der Waals surface area contributed by atoms with Crippen molar-refractivity contribution in [2.75, 3.05) is 0 Å². The van der Waals surface area contributed by atoms with Crippen LogP contribution in [0.5, 0.6) is 0 Å². The number of rotatable bonds is 5. The predicted molar refractivity (Wildman–Crippen MR) is 83.0 cm³/mol. The van der Waals surface area contributed by atoms with Gasteiger partial charge in [-0.2, -0.15) is 13.2 Å². The summed E-state index contributed by atoms with van der Waals surface area (Å²) in [7, 11) is 0. The van der Waals surface area contributed by atoms with E-state index in [0.717, 1.165) is 17.7 Å². The summed E-state index contributed by atoms with van der Waals surface area (Å²) in [5, 5.41) is 2.65. The third-order valence-corrected chi connectivity index (χ3v) is 3.34. The van der Waals surface area contributed by atoms with Gasteiger partial charge in [-0.1, -0.05) is 42.5 Å².